The monoisotopic (exact) mass is 458 g/mol. The van der Waals surface area contributed by atoms with Crippen LogP contribution in [-0.4, -0.2) is 55.2 Å². The first-order valence-corrected chi connectivity index (χ1v) is 11.5. The van der Waals surface area contributed by atoms with Gasteiger partial charge in [0.05, 0.1) is 4.90 Å². The number of thioether (sulfide) groups is 1. The van der Waals surface area contributed by atoms with Crippen molar-refractivity contribution < 1.29 is 26.4 Å². The van der Waals surface area contributed by atoms with Crippen LogP contribution in [0.5, 0.6) is 0 Å². The molecule has 1 fully saturated rings. The molecule has 1 heterocycles. The van der Waals surface area contributed by atoms with Crippen molar-refractivity contribution in [3.8, 4) is 0 Å². The van der Waals surface area contributed by atoms with Gasteiger partial charge in [-0.2, -0.15) is 17.5 Å². The molecule has 2 aromatic rings. The SMILES string of the molecule is Cc1ccc(S(=O)(=O)N2CCCN(C(=O)c3ccc(SC(F)(F)F)cc3)CC2)cc1. The minimum absolute atomic E-state index is 0.00489. The van der Waals surface area contributed by atoms with Crippen LogP contribution in [0.2, 0.25) is 0 Å². The Morgan fingerprint density at radius 1 is 0.933 bits per heavy atom. The Morgan fingerprint density at radius 3 is 2.17 bits per heavy atom. The molecule has 0 aromatic heterocycles. The van der Waals surface area contributed by atoms with Gasteiger partial charge in [-0.3, -0.25) is 4.79 Å². The summed E-state index contributed by atoms with van der Waals surface area (Å²) in [6.45, 7) is 2.91. The first-order valence-electron chi connectivity index (χ1n) is 9.28. The van der Waals surface area contributed by atoms with Crippen LogP contribution >= 0.6 is 11.8 Å². The Bertz CT molecular complexity index is 991. The number of alkyl halides is 3. The average molecular weight is 459 g/mol. The summed E-state index contributed by atoms with van der Waals surface area (Å²) < 4.78 is 64.5. The summed E-state index contributed by atoms with van der Waals surface area (Å²) in [5.74, 6) is -0.326. The van der Waals surface area contributed by atoms with Gasteiger partial charge in [0, 0.05) is 36.6 Å². The highest BCUT2D eigenvalue weighted by molar-refractivity contribution is 8.00. The van der Waals surface area contributed by atoms with Crippen LogP contribution in [0.1, 0.15) is 22.3 Å². The summed E-state index contributed by atoms with van der Waals surface area (Å²) in [7, 11) is -3.65. The third-order valence-corrected chi connectivity index (χ3v) is 7.39. The zero-order chi connectivity index (χ0) is 21.9. The smallest absolute Gasteiger partial charge is 0.337 e. The molecule has 0 unspecified atom stereocenters. The number of benzene rings is 2. The molecule has 3 rings (SSSR count). The number of rotatable bonds is 4. The molecule has 162 valence electrons. The Labute approximate surface area is 177 Å². The zero-order valence-electron chi connectivity index (χ0n) is 16.2. The van der Waals surface area contributed by atoms with Gasteiger partial charge in [0.1, 0.15) is 0 Å². The standard InChI is InChI=1S/C20H21F3N2O3S2/c1-15-3-9-18(10-4-15)30(27,28)25-12-2-11-24(13-14-25)19(26)16-5-7-17(8-6-16)29-20(21,22)23/h3-10H,2,11-14H2,1H3. The molecule has 30 heavy (non-hydrogen) atoms. The molecule has 0 saturated carbocycles. The van der Waals surface area contributed by atoms with E-state index in [-0.39, 0.29) is 46.1 Å². The molecule has 1 saturated heterocycles. The first kappa shape index (κ1) is 22.6. The highest BCUT2D eigenvalue weighted by Gasteiger charge is 2.30. The minimum atomic E-state index is -4.39. The molecule has 0 spiro atoms. The van der Waals surface area contributed by atoms with E-state index in [1.54, 1.807) is 24.3 Å². The third-order valence-electron chi connectivity index (χ3n) is 4.74. The van der Waals surface area contributed by atoms with Gasteiger partial charge < -0.3 is 4.90 Å². The van der Waals surface area contributed by atoms with Crippen molar-refractivity contribution in [2.45, 2.75) is 28.6 Å². The van der Waals surface area contributed by atoms with E-state index in [0.717, 1.165) is 5.56 Å². The van der Waals surface area contributed by atoms with Crippen molar-refractivity contribution in [3.63, 3.8) is 0 Å². The van der Waals surface area contributed by atoms with E-state index >= 15 is 0 Å². The Morgan fingerprint density at radius 2 is 1.57 bits per heavy atom. The predicted octanol–water partition coefficient (Wildman–Crippen LogP) is 4.14. The number of hydrogen-bond donors (Lipinski definition) is 0. The second-order valence-electron chi connectivity index (χ2n) is 6.94. The van der Waals surface area contributed by atoms with Crippen LogP contribution in [0, 0.1) is 6.92 Å². The van der Waals surface area contributed by atoms with Gasteiger partial charge in [-0.1, -0.05) is 17.7 Å². The van der Waals surface area contributed by atoms with E-state index in [4.69, 9.17) is 0 Å². The highest BCUT2D eigenvalue weighted by Crippen LogP contribution is 2.36. The molecule has 0 N–H and O–H groups in total. The topological polar surface area (TPSA) is 57.7 Å². The van der Waals surface area contributed by atoms with Crippen molar-refractivity contribution >= 4 is 27.7 Å². The molecular weight excluding hydrogens is 437 g/mol. The summed E-state index contributed by atoms with van der Waals surface area (Å²) in [5, 5.41) is 0. The summed E-state index contributed by atoms with van der Waals surface area (Å²) in [6.07, 6.45) is 0.471. The quantitative estimate of drug-likeness (QED) is 0.646. The van der Waals surface area contributed by atoms with Gasteiger partial charge in [0.25, 0.3) is 5.91 Å². The Hall–Kier alpha value is -2.04. The van der Waals surface area contributed by atoms with E-state index in [0.29, 0.717) is 19.5 Å². The van der Waals surface area contributed by atoms with Crippen LogP contribution in [0.25, 0.3) is 0 Å². The van der Waals surface area contributed by atoms with Crippen LogP contribution in [0.4, 0.5) is 13.2 Å². The molecule has 0 radical (unpaired) electrons. The lowest BCUT2D eigenvalue weighted by atomic mass is 10.2. The molecule has 1 aliphatic heterocycles. The van der Waals surface area contributed by atoms with Gasteiger partial charge in [0.2, 0.25) is 10.0 Å². The molecule has 0 bridgehead atoms. The summed E-state index contributed by atoms with van der Waals surface area (Å²) in [6, 6.07) is 11.9. The van der Waals surface area contributed by atoms with Crippen LogP contribution in [0.15, 0.2) is 58.3 Å². The van der Waals surface area contributed by atoms with Crippen molar-refractivity contribution in [3.05, 3.63) is 59.7 Å². The fourth-order valence-corrected chi connectivity index (χ4v) is 5.19. The van der Waals surface area contributed by atoms with E-state index in [9.17, 15) is 26.4 Å². The van der Waals surface area contributed by atoms with Gasteiger partial charge in [-0.25, -0.2) is 8.42 Å². The third kappa shape index (κ3) is 5.55. The van der Waals surface area contributed by atoms with E-state index in [1.165, 1.54) is 33.5 Å². The molecular formula is C20H21F3N2O3S2. The van der Waals surface area contributed by atoms with Crippen molar-refractivity contribution in [1.82, 2.24) is 9.21 Å². The highest BCUT2D eigenvalue weighted by atomic mass is 32.2. The maximum atomic E-state index is 12.9. The first-order chi connectivity index (χ1) is 14.1. The second kappa shape index (κ2) is 8.99. The number of halogens is 3. The van der Waals surface area contributed by atoms with Crippen LogP contribution < -0.4 is 0 Å². The minimum Gasteiger partial charge on any atom is -0.337 e. The lowest BCUT2D eigenvalue weighted by molar-refractivity contribution is -0.0328. The summed E-state index contributed by atoms with van der Waals surface area (Å²) in [4.78, 5) is 14.5. The number of carbonyl (C=O) groups excluding carboxylic acids is 1. The second-order valence-corrected chi connectivity index (χ2v) is 10.0. The number of carbonyl (C=O) groups is 1. The summed E-state index contributed by atoms with van der Waals surface area (Å²) in [5.41, 5.74) is -3.15. The number of amides is 1. The van der Waals surface area contributed by atoms with Gasteiger partial charge in [-0.15, -0.1) is 0 Å². The zero-order valence-corrected chi connectivity index (χ0v) is 17.9. The van der Waals surface area contributed by atoms with Gasteiger partial charge >= 0.3 is 5.51 Å². The molecule has 0 aliphatic carbocycles. The molecule has 10 heteroatoms. The maximum absolute atomic E-state index is 12.9. The van der Waals surface area contributed by atoms with Crippen molar-refractivity contribution in [1.29, 1.82) is 0 Å². The lowest BCUT2D eigenvalue weighted by Gasteiger charge is -2.22. The molecule has 0 atom stereocenters. The average Bonchev–Trinajstić information content (AvgIpc) is 2.94. The molecule has 5 nitrogen and oxygen atoms in total. The van der Waals surface area contributed by atoms with Crippen LogP contribution in [-0.2, 0) is 10.0 Å². The van der Waals surface area contributed by atoms with E-state index in [2.05, 4.69) is 0 Å². The molecule has 1 aliphatic rings. The lowest BCUT2D eigenvalue weighted by Crippen LogP contribution is -2.37. The largest absolute Gasteiger partial charge is 0.446 e. The fourth-order valence-electron chi connectivity index (χ4n) is 3.18. The maximum Gasteiger partial charge on any atom is 0.446 e. The number of sulfonamides is 1. The van der Waals surface area contributed by atoms with E-state index in [1.807, 2.05) is 6.92 Å². The number of hydrogen-bond acceptors (Lipinski definition) is 4. The van der Waals surface area contributed by atoms with Crippen molar-refractivity contribution in [2.75, 3.05) is 26.2 Å². The van der Waals surface area contributed by atoms with E-state index < -0.39 is 15.5 Å². The predicted molar refractivity (Wildman–Crippen MR) is 109 cm³/mol. The Balaban J connectivity index is 1.67. The Kier molecular flexibility index (Phi) is 6.78. The van der Waals surface area contributed by atoms with Crippen molar-refractivity contribution in [2.24, 2.45) is 0 Å². The fraction of sp³-hybridized carbons (Fsp3) is 0.350. The van der Waals surface area contributed by atoms with Gasteiger partial charge in [0.15, 0.2) is 0 Å². The number of aryl methyl sites for hydroxylation is 1. The van der Waals surface area contributed by atoms with Gasteiger partial charge in [-0.05, 0) is 61.5 Å². The van der Waals surface area contributed by atoms with Crippen LogP contribution in [0.3, 0.4) is 0 Å². The number of nitrogens with zero attached hydrogens (tertiary/aromatic N) is 2. The summed E-state index contributed by atoms with van der Waals surface area (Å²) >= 11 is -0.236. The molecule has 2 aromatic carbocycles. The normalized spacial score (nSPS) is 16.3. The molecule has 1 amide bonds.